The maximum atomic E-state index is 14.5. The van der Waals surface area contributed by atoms with E-state index in [2.05, 4.69) is 15.3 Å². The topological polar surface area (TPSA) is 126 Å². The number of aliphatic hydroxyl groups is 1. The Balaban J connectivity index is 0.00000129. The minimum Gasteiger partial charge on any atom is -0.394 e. The molecule has 1 aromatic heterocycles. The van der Waals surface area contributed by atoms with Crippen LogP contribution in [0.1, 0.15) is 77.5 Å². The summed E-state index contributed by atoms with van der Waals surface area (Å²) in [5, 5.41) is 10.7. The molecule has 0 aliphatic carbocycles. The van der Waals surface area contributed by atoms with Gasteiger partial charge in [-0.05, 0) is 45.9 Å². The molecule has 1 aliphatic rings. The largest absolute Gasteiger partial charge is 0.394 e. The van der Waals surface area contributed by atoms with Gasteiger partial charge in [0.15, 0.2) is 5.96 Å². The highest BCUT2D eigenvalue weighted by molar-refractivity contribution is 6.03. The van der Waals surface area contributed by atoms with E-state index in [1.165, 1.54) is 36.5 Å². The number of hydrogen-bond acceptors (Lipinski definition) is 6. The highest BCUT2D eigenvalue weighted by Crippen LogP contribution is 2.42. The summed E-state index contributed by atoms with van der Waals surface area (Å²) < 4.78 is 16.2. The van der Waals surface area contributed by atoms with Gasteiger partial charge >= 0.3 is 0 Å². The average Bonchev–Trinajstić information content (AvgIpc) is 3.25. The Hall–Kier alpha value is -3.27. The number of aliphatic imine (C=N–C) groups is 1. The number of nitrogens with one attached hydrogen (secondary N) is 1. The number of hydrogen-bond donors (Lipinski definition) is 3. The normalized spacial score (nSPS) is 16.0. The lowest BCUT2D eigenvalue weighted by Crippen LogP contribution is -2.51. The van der Waals surface area contributed by atoms with Gasteiger partial charge in [0, 0.05) is 37.6 Å². The molecule has 1 aromatic carbocycles. The quantitative estimate of drug-likeness (QED) is 0.595. The van der Waals surface area contributed by atoms with E-state index in [9.17, 15) is 14.0 Å². The molecule has 1 unspecified atom stereocenters. The van der Waals surface area contributed by atoms with E-state index in [0.29, 0.717) is 5.69 Å². The van der Waals surface area contributed by atoms with Crippen LogP contribution in [-0.4, -0.2) is 50.5 Å². The van der Waals surface area contributed by atoms with Gasteiger partial charge in [0.2, 0.25) is 5.91 Å². The van der Waals surface area contributed by atoms with E-state index in [1.54, 1.807) is 45.5 Å². The zero-order valence-electron chi connectivity index (χ0n) is 22.5. The van der Waals surface area contributed by atoms with E-state index >= 15 is 0 Å². The molecule has 0 spiro atoms. The number of imidazole rings is 1. The third-order valence-corrected chi connectivity index (χ3v) is 4.63. The Morgan fingerprint density at radius 1 is 1.20 bits per heavy atom. The van der Waals surface area contributed by atoms with Crippen LogP contribution >= 0.6 is 0 Å². The number of aromatic nitrogens is 2. The molecule has 1 aliphatic heterocycles. The number of carbonyl (C=O) groups is 2. The molecule has 2 aromatic rings. The van der Waals surface area contributed by atoms with Crippen LogP contribution in [0.25, 0.3) is 0 Å². The molecule has 0 radical (unpaired) electrons. The summed E-state index contributed by atoms with van der Waals surface area (Å²) in [5.41, 5.74) is 5.61. The van der Waals surface area contributed by atoms with Gasteiger partial charge in [-0.1, -0.05) is 27.7 Å². The fourth-order valence-electron chi connectivity index (χ4n) is 3.05. The number of rotatable bonds is 3. The number of halogens is 1. The molecule has 0 bridgehead atoms. The lowest BCUT2D eigenvalue weighted by molar-refractivity contribution is -0.137. The van der Waals surface area contributed by atoms with Gasteiger partial charge in [-0.3, -0.25) is 14.5 Å². The van der Waals surface area contributed by atoms with Crippen LogP contribution in [0.5, 0.6) is 0 Å². The second-order valence-electron chi connectivity index (χ2n) is 8.18. The summed E-state index contributed by atoms with van der Waals surface area (Å²) in [4.78, 5) is 34.4. The van der Waals surface area contributed by atoms with Gasteiger partial charge in [-0.25, -0.2) is 14.4 Å². The molecule has 2 amide bonds. The van der Waals surface area contributed by atoms with Crippen LogP contribution in [0.4, 0.5) is 10.1 Å². The summed E-state index contributed by atoms with van der Waals surface area (Å²) in [6.45, 7) is 14.8. The van der Waals surface area contributed by atoms with Crippen molar-refractivity contribution in [3.8, 4) is 0 Å². The number of amides is 2. The molecule has 0 fully saturated rings. The third kappa shape index (κ3) is 8.47. The van der Waals surface area contributed by atoms with Crippen LogP contribution in [-0.2, 0) is 11.8 Å². The Morgan fingerprint density at radius 2 is 1.74 bits per heavy atom. The molecule has 2 heterocycles. The molecule has 0 saturated heterocycles. The van der Waals surface area contributed by atoms with Crippen molar-refractivity contribution in [2.45, 2.75) is 67.5 Å². The molecule has 1 atom stereocenters. The van der Waals surface area contributed by atoms with E-state index in [4.69, 9.17) is 10.8 Å². The van der Waals surface area contributed by atoms with Crippen molar-refractivity contribution in [3.63, 3.8) is 0 Å². The number of aryl methyl sites for hydroxylation is 1. The Morgan fingerprint density at radius 3 is 2.23 bits per heavy atom. The maximum absolute atomic E-state index is 14.5. The summed E-state index contributed by atoms with van der Waals surface area (Å²) >= 11 is 0. The fraction of sp³-hybridized carbons (Fsp3) is 0.520. The molecule has 0 saturated carbocycles. The molecule has 10 heteroatoms. The van der Waals surface area contributed by atoms with Crippen LogP contribution in [0.3, 0.4) is 0 Å². The number of guanidine groups is 1. The number of benzene rings is 1. The average molecular weight is 493 g/mol. The zero-order valence-corrected chi connectivity index (χ0v) is 22.5. The molecular formula is C25H41FN6O3. The summed E-state index contributed by atoms with van der Waals surface area (Å²) in [6, 6.07) is 3.33. The van der Waals surface area contributed by atoms with Gasteiger partial charge in [0.05, 0.1) is 17.8 Å². The Bertz CT molecular complexity index is 998. The van der Waals surface area contributed by atoms with Crippen LogP contribution in [0.15, 0.2) is 35.7 Å². The van der Waals surface area contributed by atoms with Crippen molar-refractivity contribution >= 4 is 23.5 Å². The minimum atomic E-state index is -0.998. The van der Waals surface area contributed by atoms with E-state index in [-0.39, 0.29) is 29.2 Å². The zero-order chi connectivity index (χ0) is 27.5. The third-order valence-electron chi connectivity index (χ3n) is 4.63. The van der Waals surface area contributed by atoms with Crippen molar-refractivity contribution in [2.24, 2.45) is 23.2 Å². The molecule has 35 heavy (non-hydrogen) atoms. The summed E-state index contributed by atoms with van der Waals surface area (Å²) in [7, 11) is 3.28. The monoisotopic (exact) mass is 492 g/mol. The smallest absolute Gasteiger partial charge is 0.275 e. The lowest BCUT2D eigenvalue weighted by Gasteiger charge is -2.38. The molecule has 3 rings (SSSR count). The standard InChI is InChI=1S/C18H21FN6O2.C3H8O.2C2H6/c1-18(2)14(23-17(20)25(4)16(18)27)11-7-10(5-6-12(11)19)22-15(26)13-8-24(3)9-21-13;1-3(2)4;2*1-2/h5-9,14H,1-4H3,(H2,20,23)(H,22,26);3-4H,1-2H3;2*1-2H3. The number of aliphatic hydroxyl groups excluding tert-OH is 1. The first kappa shape index (κ1) is 31.7. The van der Waals surface area contributed by atoms with Gasteiger partial charge in [0.1, 0.15) is 11.5 Å². The van der Waals surface area contributed by atoms with Crippen molar-refractivity contribution in [1.82, 2.24) is 14.5 Å². The van der Waals surface area contributed by atoms with Gasteiger partial charge in [-0.2, -0.15) is 0 Å². The van der Waals surface area contributed by atoms with Crippen molar-refractivity contribution in [2.75, 3.05) is 12.4 Å². The van der Waals surface area contributed by atoms with Crippen LogP contribution in [0.2, 0.25) is 0 Å². The predicted octanol–water partition coefficient (Wildman–Crippen LogP) is 4.11. The van der Waals surface area contributed by atoms with Crippen LogP contribution < -0.4 is 11.1 Å². The Labute approximate surface area is 208 Å². The maximum Gasteiger partial charge on any atom is 0.275 e. The second-order valence-corrected chi connectivity index (χ2v) is 8.18. The van der Waals surface area contributed by atoms with E-state index < -0.39 is 23.2 Å². The van der Waals surface area contributed by atoms with Gasteiger partial charge in [0.25, 0.3) is 5.91 Å². The fourth-order valence-corrected chi connectivity index (χ4v) is 3.05. The Kier molecular flexibility index (Phi) is 12.9. The lowest BCUT2D eigenvalue weighted by atomic mass is 9.78. The first-order valence-electron chi connectivity index (χ1n) is 11.7. The number of anilines is 1. The molecule has 9 nitrogen and oxygen atoms in total. The first-order chi connectivity index (χ1) is 16.3. The van der Waals surface area contributed by atoms with Crippen molar-refractivity contribution in [3.05, 3.63) is 47.8 Å². The molecule has 196 valence electrons. The summed E-state index contributed by atoms with van der Waals surface area (Å²) in [6.07, 6.45) is 2.92. The van der Waals surface area contributed by atoms with E-state index in [1.807, 2.05) is 27.7 Å². The number of carbonyl (C=O) groups excluding carboxylic acids is 2. The SMILES string of the molecule is CC.CC.CC(C)O.CN1C(=O)C(C)(C)C(c2cc(NC(=O)c3cn(C)cn3)ccc2F)N=C1N. The summed E-state index contributed by atoms with van der Waals surface area (Å²) in [5.74, 6) is -1.19. The molecular weight excluding hydrogens is 451 g/mol. The number of nitrogens with two attached hydrogens (primary N) is 1. The number of nitrogens with zero attached hydrogens (tertiary/aromatic N) is 4. The van der Waals surface area contributed by atoms with Crippen molar-refractivity contribution in [1.29, 1.82) is 0 Å². The highest BCUT2D eigenvalue weighted by Gasteiger charge is 2.45. The minimum absolute atomic E-state index is 0.0200. The molecule has 4 N–H and O–H groups in total. The van der Waals surface area contributed by atoms with Crippen LogP contribution in [0, 0.1) is 11.2 Å². The van der Waals surface area contributed by atoms with Gasteiger partial charge < -0.3 is 20.7 Å². The predicted molar refractivity (Wildman–Crippen MR) is 139 cm³/mol. The highest BCUT2D eigenvalue weighted by atomic mass is 19.1. The van der Waals surface area contributed by atoms with Crippen molar-refractivity contribution < 1.29 is 19.1 Å². The van der Waals surface area contributed by atoms with Gasteiger partial charge in [-0.15, -0.1) is 0 Å². The second kappa shape index (κ2) is 14.2. The van der Waals surface area contributed by atoms with E-state index in [0.717, 1.165) is 0 Å². The first-order valence-corrected chi connectivity index (χ1v) is 11.7.